The molecule has 1 aromatic heterocycles. The van der Waals surface area contributed by atoms with E-state index in [2.05, 4.69) is 20.9 Å². The highest BCUT2D eigenvalue weighted by Crippen LogP contribution is 2.32. The molecule has 0 saturated carbocycles. The largest absolute Gasteiger partial charge is 0.288 e. The van der Waals surface area contributed by atoms with Crippen LogP contribution in [0.2, 0.25) is 0 Å². The van der Waals surface area contributed by atoms with Crippen LogP contribution < -0.4 is 4.90 Å². The number of hydrogen-bond acceptors (Lipinski definition) is 3. The van der Waals surface area contributed by atoms with Crippen molar-refractivity contribution < 1.29 is 4.79 Å². The molecule has 0 spiro atoms. The third kappa shape index (κ3) is 2.75. The van der Waals surface area contributed by atoms with Crippen molar-refractivity contribution in [3.05, 3.63) is 34.1 Å². The Balaban J connectivity index is 1.83. The van der Waals surface area contributed by atoms with E-state index in [0.29, 0.717) is 18.8 Å². The molecule has 3 rings (SSSR count). The summed E-state index contributed by atoms with van der Waals surface area (Å²) in [5.41, 5.74) is 1.95. The Morgan fingerprint density at radius 3 is 2.80 bits per heavy atom. The number of carbonyl (C=O) groups excluding carboxylic acids is 1. The monoisotopic (exact) mass is 370 g/mol. The molecule has 0 aliphatic carbocycles. The smallest absolute Gasteiger partial charge is 0.229 e. The number of rotatable bonds is 3. The number of carbonyl (C=O) groups is 1. The van der Waals surface area contributed by atoms with Crippen molar-refractivity contribution in [1.29, 1.82) is 0 Å². The SMILES string of the molecule is O=C1CC(CCl)CN1c1nc(-c2ccc(Br)cc2)cs1. The predicted molar refractivity (Wildman–Crippen MR) is 86.4 cm³/mol. The Labute approximate surface area is 134 Å². The van der Waals surface area contributed by atoms with Crippen LogP contribution in [-0.2, 0) is 4.79 Å². The minimum absolute atomic E-state index is 0.118. The van der Waals surface area contributed by atoms with Gasteiger partial charge in [-0.15, -0.1) is 22.9 Å². The van der Waals surface area contributed by atoms with E-state index in [0.717, 1.165) is 20.9 Å². The molecular formula is C14H12BrClN2OS. The fraction of sp³-hybridized carbons (Fsp3) is 0.286. The average Bonchev–Trinajstić information content (AvgIpc) is 3.06. The van der Waals surface area contributed by atoms with Crippen molar-refractivity contribution in [1.82, 2.24) is 4.98 Å². The summed E-state index contributed by atoms with van der Waals surface area (Å²) in [4.78, 5) is 18.3. The Bertz CT molecular complexity index is 628. The van der Waals surface area contributed by atoms with Crippen LogP contribution in [0.4, 0.5) is 5.13 Å². The van der Waals surface area contributed by atoms with E-state index in [1.165, 1.54) is 11.3 Å². The van der Waals surface area contributed by atoms with Crippen molar-refractivity contribution in [2.24, 2.45) is 5.92 Å². The van der Waals surface area contributed by atoms with Crippen LogP contribution in [-0.4, -0.2) is 23.3 Å². The van der Waals surface area contributed by atoms with Gasteiger partial charge in [0.05, 0.1) is 5.69 Å². The zero-order valence-corrected chi connectivity index (χ0v) is 13.7. The van der Waals surface area contributed by atoms with Gasteiger partial charge in [0.15, 0.2) is 5.13 Å². The van der Waals surface area contributed by atoms with Gasteiger partial charge in [0.25, 0.3) is 0 Å². The van der Waals surface area contributed by atoms with Gasteiger partial charge in [0.2, 0.25) is 5.91 Å². The molecule has 1 aliphatic rings. The summed E-state index contributed by atoms with van der Waals surface area (Å²) < 4.78 is 1.04. The quantitative estimate of drug-likeness (QED) is 0.759. The average molecular weight is 372 g/mol. The van der Waals surface area contributed by atoms with Crippen LogP contribution in [0.5, 0.6) is 0 Å². The second-order valence-electron chi connectivity index (χ2n) is 4.75. The molecule has 1 saturated heterocycles. The highest BCUT2D eigenvalue weighted by molar-refractivity contribution is 9.10. The number of anilines is 1. The topological polar surface area (TPSA) is 33.2 Å². The minimum atomic E-state index is 0.118. The van der Waals surface area contributed by atoms with E-state index in [4.69, 9.17) is 11.6 Å². The van der Waals surface area contributed by atoms with Crippen LogP contribution in [0.1, 0.15) is 6.42 Å². The lowest BCUT2D eigenvalue weighted by atomic mass is 10.2. The molecule has 3 nitrogen and oxygen atoms in total. The Kier molecular flexibility index (Phi) is 4.10. The summed E-state index contributed by atoms with van der Waals surface area (Å²) in [6.07, 6.45) is 0.525. The molecule has 0 bridgehead atoms. The predicted octanol–water partition coefficient (Wildman–Crippen LogP) is 4.16. The second kappa shape index (κ2) is 5.84. The fourth-order valence-corrected chi connectivity index (χ4v) is 3.54. The zero-order chi connectivity index (χ0) is 14.1. The third-order valence-electron chi connectivity index (χ3n) is 3.29. The number of benzene rings is 1. The molecule has 1 aromatic carbocycles. The summed E-state index contributed by atoms with van der Waals surface area (Å²) in [5.74, 6) is 0.879. The normalized spacial score (nSPS) is 18.8. The molecule has 0 N–H and O–H groups in total. The van der Waals surface area contributed by atoms with Crippen molar-refractivity contribution in [3.63, 3.8) is 0 Å². The van der Waals surface area contributed by atoms with Gasteiger partial charge in [0, 0.05) is 34.3 Å². The molecule has 2 aromatic rings. The first-order valence-electron chi connectivity index (χ1n) is 6.25. The van der Waals surface area contributed by atoms with Crippen molar-refractivity contribution in [3.8, 4) is 11.3 Å². The lowest BCUT2D eigenvalue weighted by Gasteiger charge is -2.11. The van der Waals surface area contributed by atoms with Crippen LogP contribution in [0.25, 0.3) is 11.3 Å². The van der Waals surface area contributed by atoms with Gasteiger partial charge in [0.1, 0.15) is 0 Å². The van der Waals surface area contributed by atoms with E-state index in [1.54, 1.807) is 4.90 Å². The molecule has 1 atom stereocenters. The second-order valence-corrected chi connectivity index (χ2v) is 6.81. The fourth-order valence-electron chi connectivity index (χ4n) is 2.21. The summed E-state index contributed by atoms with van der Waals surface area (Å²) in [6, 6.07) is 7.99. The van der Waals surface area contributed by atoms with E-state index in [9.17, 15) is 4.79 Å². The highest BCUT2D eigenvalue weighted by Gasteiger charge is 2.31. The summed E-state index contributed by atoms with van der Waals surface area (Å²) >= 11 is 10.8. The van der Waals surface area contributed by atoms with Gasteiger partial charge in [-0.25, -0.2) is 4.98 Å². The molecule has 1 amide bonds. The maximum Gasteiger partial charge on any atom is 0.229 e. The minimum Gasteiger partial charge on any atom is -0.288 e. The first-order valence-corrected chi connectivity index (χ1v) is 8.46. The molecule has 20 heavy (non-hydrogen) atoms. The van der Waals surface area contributed by atoms with E-state index >= 15 is 0 Å². The molecule has 1 aliphatic heterocycles. The lowest BCUT2D eigenvalue weighted by molar-refractivity contribution is -0.117. The molecule has 1 fully saturated rings. The third-order valence-corrected chi connectivity index (χ3v) is 5.11. The summed E-state index contributed by atoms with van der Waals surface area (Å²) in [6.45, 7) is 0.676. The summed E-state index contributed by atoms with van der Waals surface area (Å²) in [7, 11) is 0. The Morgan fingerprint density at radius 2 is 2.15 bits per heavy atom. The zero-order valence-electron chi connectivity index (χ0n) is 10.6. The van der Waals surface area contributed by atoms with Gasteiger partial charge in [-0.3, -0.25) is 9.69 Å². The van der Waals surface area contributed by atoms with E-state index in [-0.39, 0.29) is 11.8 Å². The summed E-state index contributed by atoms with van der Waals surface area (Å²) in [5, 5.41) is 2.75. The Morgan fingerprint density at radius 1 is 1.40 bits per heavy atom. The van der Waals surface area contributed by atoms with Gasteiger partial charge >= 0.3 is 0 Å². The number of hydrogen-bond donors (Lipinski definition) is 0. The van der Waals surface area contributed by atoms with E-state index in [1.807, 2.05) is 29.6 Å². The van der Waals surface area contributed by atoms with Gasteiger partial charge in [-0.1, -0.05) is 28.1 Å². The molecule has 2 heterocycles. The molecule has 104 valence electrons. The van der Waals surface area contributed by atoms with Crippen molar-refractivity contribution in [2.75, 3.05) is 17.3 Å². The van der Waals surface area contributed by atoms with Gasteiger partial charge in [-0.2, -0.15) is 0 Å². The van der Waals surface area contributed by atoms with Crippen LogP contribution in [0, 0.1) is 5.92 Å². The van der Waals surface area contributed by atoms with Gasteiger partial charge in [-0.05, 0) is 18.1 Å². The van der Waals surface area contributed by atoms with Crippen molar-refractivity contribution >= 4 is 49.9 Å². The number of thiazole rings is 1. The number of nitrogens with zero attached hydrogens (tertiary/aromatic N) is 2. The van der Waals surface area contributed by atoms with Gasteiger partial charge < -0.3 is 0 Å². The standard InChI is InChI=1S/C14H12BrClN2OS/c15-11-3-1-10(2-4-11)12-8-20-14(17-12)18-7-9(6-16)5-13(18)19/h1-4,8-9H,5-7H2. The first kappa shape index (κ1) is 14.0. The van der Waals surface area contributed by atoms with Crippen molar-refractivity contribution in [2.45, 2.75) is 6.42 Å². The first-order chi connectivity index (χ1) is 9.67. The molecular weight excluding hydrogens is 360 g/mol. The van der Waals surface area contributed by atoms with Crippen LogP contribution in [0.3, 0.4) is 0 Å². The van der Waals surface area contributed by atoms with Crippen LogP contribution in [0.15, 0.2) is 34.1 Å². The maximum absolute atomic E-state index is 12.0. The van der Waals surface area contributed by atoms with Crippen LogP contribution >= 0.6 is 38.9 Å². The lowest BCUT2D eigenvalue weighted by Crippen LogP contribution is -2.24. The number of amides is 1. The van der Waals surface area contributed by atoms with E-state index < -0.39 is 0 Å². The number of alkyl halides is 1. The maximum atomic E-state index is 12.0. The Hall–Kier alpha value is -0.910. The number of aromatic nitrogens is 1. The molecule has 6 heteroatoms. The molecule has 1 unspecified atom stereocenters. The molecule has 0 radical (unpaired) electrons. The highest BCUT2D eigenvalue weighted by atomic mass is 79.9. The number of halogens is 2.